The number of unbranched alkanes of at least 4 members (excludes halogenated alkanes) is 10. The third-order valence-electron chi connectivity index (χ3n) is 9.97. The number of hydrogen-bond donors (Lipinski definition) is 0. The van der Waals surface area contributed by atoms with Gasteiger partial charge in [0.15, 0.2) is 0 Å². The van der Waals surface area contributed by atoms with Crippen LogP contribution >= 0.6 is 0 Å². The van der Waals surface area contributed by atoms with Gasteiger partial charge >= 0.3 is 0 Å². The molecule has 0 fully saturated rings. The molecule has 0 unspecified atom stereocenters. The monoisotopic (exact) mass is 728 g/mol. The van der Waals surface area contributed by atoms with Crippen LogP contribution in [-0.2, 0) is 10.1 Å². The van der Waals surface area contributed by atoms with Gasteiger partial charge in [-0.15, -0.1) is 0 Å². The molecule has 53 heavy (non-hydrogen) atoms. The Balaban J connectivity index is 1.51. The van der Waals surface area contributed by atoms with E-state index < -0.39 is 10.1 Å². The molecule has 0 atom stereocenters. The molecule has 5 nitrogen and oxygen atoms in total. The van der Waals surface area contributed by atoms with E-state index in [2.05, 4.69) is 120 Å². The van der Waals surface area contributed by atoms with Crippen molar-refractivity contribution in [2.24, 2.45) is 0 Å². The van der Waals surface area contributed by atoms with Gasteiger partial charge in [-0.3, -0.25) is 0 Å². The van der Waals surface area contributed by atoms with E-state index in [1.165, 1.54) is 70.3 Å². The maximum absolute atomic E-state index is 12.6. The van der Waals surface area contributed by atoms with Gasteiger partial charge in [-0.05, 0) is 72.0 Å². The number of para-hydroxylation sites is 2. The molecule has 278 valence electrons. The Morgan fingerprint density at radius 3 is 1.74 bits per heavy atom. The van der Waals surface area contributed by atoms with Gasteiger partial charge in [0.2, 0.25) is 11.4 Å². The summed E-state index contributed by atoms with van der Waals surface area (Å²) in [5.41, 5.74) is 7.22. The van der Waals surface area contributed by atoms with Gasteiger partial charge in [0.1, 0.15) is 16.7 Å². The molecule has 0 N–H and O–H groups in total. The second-order valence-corrected chi connectivity index (χ2v) is 15.3. The fraction of sp³-hybridized carbons (Fsp3) is 0.340. The molecular weight excluding hydrogens is 673 g/mol. The molecule has 4 aromatic carbocycles. The zero-order valence-electron chi connectivity index (χ0n) is 31.6. The van der Waals surface area contributed by atoms with Crippen molar-refractivity contribution in [1.29, 1.82) is 0 Å². The Bertz CT molecular complexity index is 1940. The number of rotatable bonds is 20. The maximum Gasteiger partial charge on any atom is 0.205 e. The number of anilines is 2. The molecule has 0 heterocycles. The van der Waals surface area contributed by atoms with Crippen LogP contribution in [0, 0.1) is 0 Å². The Morgan fingerprint density at radius 1 is 0.585 bits per heavy atom. The number of nitrogens with zero attached hydrogens (tertiary/aromatic N) is 2. The average Bonchev–Trinajstić information content (AvgIpc) is 3.19. The fourth-order valence-corrected chi connectivity index (χ4v) is 7.80. The summed E-state index contributed by atoms with van der Waals surface area (Å²) in [7, 11) is -4.73. The normalized spacial score (nSPS) is 12.7. The second-order valence-electron chi connectivity index (χ2n) is 13.9. The van der Waals surface area contributed by atoms with Gasteiger partial charge in [0, 0.05) is 54.2 Å². The van der Waals surface area contributed by atoms with Crippen LogP contribution in [0.1, 0.15) is 102 Å². The third-order valence-corrected chi connectivity index (χ3v) is 10.9. The lowest BCUT2D eigenvalue weighted by Crippen LogP contribution is -2.18. The summed E-state index contributed by atoms with van der Waals surface area (Å²) in [5, 5.41) is 0. The Labute approximate surface area is 318 Å². The predicted molar refractivity (Wildman–Crippen MR) is 222 cm³/mol. The van der Waals surface area contributed by atoms with Crippen LogP contribution in [-0.4, -0.2) is 36.3 Å². The Hall–Kier alpha value is -4.52. The van der Waals surface area contributed by atoms with E-state index in [4.69, 9.17) is 0 Å². The smallest absolute Gasteiger partial charge is 0.205 e. The van der Waals surface area contributed by atoms with Crippen molar-refractivity contribution in [3.05, 3.63) is 150 Å². The standard InChI is InChI=1S/C47H56N2O3S/c1-3-5-7-9-11-21-37-48(41-23-15-13-16-24-41)43-33-29-39(30-34-43)47(45-27-19-20-28-46(45)53(50,51)52)40-31-35-44(36-32-40)49(42-25-17-14-18-26-42)38-22-12-10-8-6-4-2/h13-20,23-36H,3-12,21-22,37-38H2,1-2H3. The minimum absolute atomic E-state index is 0.217. The Kier molecular flexibility index (Phi) is 15.5. The van der Waals surface area contributed by atoms with Gasteiger partial charge in [-0.25, -0.2) is 8.42 Å². The molecular formula is C47H56N2O3S. The molecule has 0 saturated heterocycles. The summed E-state index contributed by atoms with van der Waals surface area (Å²) < 4.78 is 40.2. The van der Waals surface area contributed by atoms with E-state index >= 15 is 0 Å². The molecule has 5 rings (SSSR count). The zero-order valence-corrected chi connectivity index (χ0v) is 32.4. The maximum atomic E-state index is 12.6. The highest BCUT2D eigenvalue weighted by Gasteiger charge is 2.21. The van der Waals surface area contributed by atoms with Crippen molar-refractivity contribution >= 4 is 38.5 Å². The average molecular weight is 729 g/mol. The molecule has 0 aromatic heterocycles. The van der Waals surface area contributed by atoms with E-state index in [0.29, 0.717) is 11.1 Å². The van der Waals surface area contributed by atoms with Crippen LogP contribution in [0.15, 0.2) is 144 Å². The van der Waals surface area contributed by atoms with Gasteiger partial charge in [0.25, 0.3) is 0 Å². The van der Waals surface area contributed by atoms with Gasteiger partial charge in [0.05, 0.1) is 4.90 Å². The molecule has 0 aliphatic heterocycles. The SMILES string of the molecule is CCCCCCCCN(c1ccccc1)c1ccc(C(=C2C=CC(=[N+](CCCCCCCC)c3ccccc3)C=C2)c2ccccc2S(=O)(=O)[O-])cc1. The van der Waals surface area contributed by atoms with Crippen LogP contribution in [0.25, 0.3) is 5.57 Å². The predicted octanol–water partition coefficient (Wildman–Crippen LogP) is 12.2. The topological polar surface area (TPSA) is 63.5 Å². The van der Waals surface area contributed by atoms with Gasteiger partial charge < -0.3 is 9.45 Å². The quantitative estimate of drug-likeness (QED) is 0.0516. The molecule has 6 heteroatoms. The van der Waals surface area contributed by atoms with Crippen molar-refractivity contribution in [3.8, 4) is 0 Å². The van der Waals surface area contributed by atoms with Crippen LogP contribution in [0.3, 0.4) is 0 Å². The highest BCUT2D eigenvalue weighted by Crippen LogP contribution is 2.36. The van der Waals surface area contributed by atoms with Crippen molar-refractivity contribution in [2.45, 2.75) is 95.8 Å². The van der Waals surface area contributed by atoms with E-state index in [9.17, 15) is 13.0 Å². The first-order chi connectivity index (χ1) is 25.9. The van der Waals surface area contributed by atoms with Gasteiger partial charge in [-0.2, -0.15) is 4.58 Å². The largest absolute Gasteiger partial charge is 0.744 e. The highest BCUT2D eigenvalue weighted by molar-refractivity contribution is 7.85. The van der Waals surface area contributed by atoms with E-state index in [1.807, 2.05) is 12.1 Å². The summed E-state index contributed by atoms with van der Waals surface area (Å²) in [6, 6.07) is 35.8. The van der Waals surface area contributed by atoms with Crippen molar-refractivity contribution in [3.63, 3.8) is 0 Å². The summed E-state index contributed by atoms with van der Waals surface area (Å²) in [5.74, 6) is 0. The molecule has 1 aliphatic carbocycles. The highest BCUT2D eigenvalue weighted by atomic mass is 32.2. The number of benzene rings is 4. The van der Waals surface area contributed by atoms with E-state index in [-0.39, 0.29) is 4.90 Å². The minimum Gasteiger partial charge on any atom is -0.744 e. The van der Waals surface area contributed by atoms with E-state index in [0.717, 1.165) is 59.8 Å². The lowest BCUT2D eigenvalue weighted by molar-refractivity contribution is -0.439. The zero-order chi connectivity index (χ0) is 37.3. The summed E-state index contributed by atoms with van der Waals surface area (Å²) in [6.07, 6.45) is 23.0. The van der Waals surface area contributed by atoms with Crippen molar-refractivity contribution < 1.29 is 17.5 Å². The molecule has 0 bridgehead atoms. The number of hydrogen-bond acceptors (Lipinski definition) is 4. The fourth-order valence-electron chi connectivity index (χ4n) is 7.12. The van der Waals surface area contributed by atoms with Crippen molar-refractivity contribution in [2.75, 3.05) is 18.0 Å². The lowest BCUT2D eigenvalue weighted by atomic mass is 9.90. The summed E-state index contributed by atoms with van der Waals surface area (Å²) >= 11 is 0. The second kappa shape index (κ2) is 20.6. The van der Waals surface area contributed by atoms with Crippen LogP contribution in [0.2, 0.25) is 0 Å². The molecule has 0 spiro atoms. The molecule has 0 radical (unpaired) electrons. The lowest BCUT2D eigenvalue weighted by Gasteiger charge is -2.26. The first-order valence-electron chi connectivity index (χ1n) is 19.7. The molecule has 0 amide bonds. The molecule has 4 aromatic rings. The molecule has 0 saturated carbocycles. The van der Waals surface area contributed by atoms with Gasteiger partial charge in [-0.1, -0.05) is 138 Å². The van der Waals surface area contributed by atoms with Crippen LogP contribution < -0.4 is 4.90 Å². The van der Waals surface area contributed by atoms with Crippen LogP contribution in [0.5, 0.6) is 0 Å². The Morgan fingerprint density at radius 2 is 1.11 bits per heavy atom. The van der Waals surface area contributed by atoms with Crippen molar-refractivity contribution in [1.82, 2.24) is 0 Å². The number of allylic oxidation sites excluding steroid dienone is 5. The first kappa shape index (κ1) is 39.7. The summed E-state index contributed by atoms with van der Waals surface area (Å²) in [4.78, 5) is 2.14. The molecule has 1 aliphatic rings. The van der Waals surface area contributed by atoms with E-state index in [1.54, 1.807) is 18.2 Å². The summed E-state index contributed by atoms with van der Waals surface area (Å²) in [6.45, 7) is 6.30. The third kappa shape index (κ3) is 11.5. The minimum atomic E-state index is -4.73. The first-order valence-corrected chi connectivity index (χ1v) is 21.1. The van der Waals surface area contributed by atoms with Crippen LogP contribution in [0.4, 0.5) is 17.1 Å².